The molecule has 2 aliphatic rings. The van der Waals surface area contributed by atoms with Crippen LogP contribution in [0.1, 0.15) is 11.1 Å². The molecule has 1 aliphatic carbocycles. The Hall–Kier alpha value is -2.00. The van der Waals surface area contributed by atoms with Crippen LogP contribution >= 0.6 is 23.2 Å². The van der Waals surface area contributed by atoms with Crippen molar-refractivity contribution < 1.29 is 9.47 Å². The van der Waals surface area contributed by atoms with E-state index in [1.54, 1.807) is 0 Å². The molecule has 0 radical (unpaired) electrons. The first-order valence-electron chi connectivity index (χ1n) is 8.64. The minimum absolute atomic E-state index is 0.165. The Morgan fingerprint density at radius 2 is 1.62 bits per heavy atom. The van der Waals surface area contributed by atoms with E-state index in [0.29, 0.717) is 22.4 Å². The third-order valence-corrected chi connectivity index (χ3v) is 5.54. The van der Waals surface area contributed by atoms with Crippen LogP contribution in [0.2, 0.25) is 10.0 Å². The van der Waals surface area contributed by atoms with Crippen LogP contribution in [0.15, 0.2) is 54.6 Å². The first-order valence-corrected chi connectivity index (χ1v) is 9.40. The van der Waals surface area contributed by atoms with Crippen molar-refractivity contribution in [2.24, 2.45) is 0 Å². The molecule has 1 heterocycles. The van der Waals surface area contributed by atoms with Crippen molar-refractivity contribution >= 4 is 23.2 Å². The van der Waals surface area contributed by atoms with Gasteiger partial charge >= 0.3 is 0 Å². The molecule has 130 valence electrons. The second kappa shape index (κ2) is 6.31. The van der Waals surface area contributed by atoms with Crippen LogP contribution in [0.3, 0.4) is 0 Å². The minimum atomic E-state index is 0.165. The van der Waals surface area contributed by atoms with Crippen molar-refractivity contribution in [3.63, 3.8) is 0 Å². The molecule has 0 bridgehead atoms. The van der Waals surface area contributed by atoms with Crippen LogP contribution in [0, 0.1) is 0 Å². The third-order valence-electron chi connectivity index (χ3n) is 4.98. The zero-order valence-electron chi connectivity index (χ0n) is 14.0. The third kappa shape index (κ3) is 2.79. The molecular weight excluding hydrogens is 367 g/mol. The van der Waals surface area contributed by atoms with Gasteiger partial charge < -0.3 is 9.47 Å². The predicted molar refractivity (Wildman–Crippen MR) is 105 cm³/mol. The maximum Gasteiger partial charge on any atom is 0.156 e. The lowest BCUT2D eigenvalue weighted by molar-refractivity contribution is 0.263. The van der Waals surface area contributed by atoms with E-state index in [9.17, 15) is 0 Å². The van der Waals surface area contributed by atoms with E-state index in [-0.39, 0.29) is 6.10 Å². The van der Waals surface area contributed by atoms with Gasteiger partial charge in [-0.15, -0.1) is 0 Å². The standard InChI is InChI=1S/C22H16Cl2O2/c23-20-9-14(10-21(24)22(20)26-12-15-11-25-15)17-6-3-7-18-16-5-2-1-4-13(16)8-19(17)18/h1-7,9-10,15H,8,11-12H2. The highest BCUT2D eigenvalue weighted by Gasteiger charge is 2.25. The van der Waals surface area contributed by atoms with Gasteiger partial charge in [-0.1, -0.05) is 65.7 Å². The van der Waals surface area contributed by atoms with Crippen molar-refractivity contribution in [3.8, 4) is 28.0 Å². The van der Waals surface area contributed by atoms with Gasteiger partial charge in [0.25, 0.3) is 0 Å². The lowest BCUT2D eigenvalue weighted by Crippen LogP contribution is -2.05. The lowest BCUT2D eigenvalue weighted by atomic mass is 9.95. The Balaban J connectivity index is 1.55. The fourth-order valence-corrected chi connectivity index (χ4v) is 4.22. The Labute approximate surface area is 162 Å². The average molecular weight is 383 g/mol. The Morgan fingerprint density at radius 1 is 0.923 bits per heavy atom. The summed E-state index contributed by atoms with van der Waals surface area (Å²) in [6, 6.07) is 18.8. The molecule has 0 saturated carbocycles. The molecule has 1 saturated heterocycles. The Kier molecular flexibility index (Phi) is 3.93. The number of hydrogen-bond acceptors (Lipinski definition) is 2. The molecule has 3 aromatic carbocycles. The second-order valence-electron chi connectivity index (χ2n) is 6.70. The first-order chi connectivity index (χ1) is 12.7. The molecule has 1 unspecified atom stereocenters. The van der Waals surface area contributed by atoms with Crippen LogP contribution in [-0.4, -0.2) is 19.3 Å². The molecule has 26 heavy (non-hydrogen) atoms. The van der Waals surface area contributed by atoms with E-state index in [1.165, 1.54) is 27.8 Å². The summed E-state index contributed by atoms with van der Waals surface area (Å²) < 4.78 is 10.9. The molecule has 5 rings (SSSR count). The number of benzene rings is 3. The summed E-state index contributed by atoms with van der Waals surface area (Å²) in [6.07, 6.45) is 1.09. The summed E-state index contributed by atoms with van der Waals surface area (Å²) in [5.41, 5.74) is 7.46. The fraction of sp³-hybridized carbons (Fsp3) is 0.182. The van der Waals surface area contributed by atoms with Crippen LogP contribution in [-0.2, 0) is 11.2 Å². The molecule has 2 nitrogen and oxygen atoms in total. The number of hydrogen-bond donors (Lipinski definition) is 0. The molecule has 0 spiro atoms. The van der Waals surface area contributed by atoms with E-state index >= 15 is 0 Å². The fourth-order valence-electron chi connectivity index (χ4n) is 3.62. The molecule has 0 amide bonds. The van der Waals surface area contributed by atoms with Gasteiger partial charge in [0.1, 0.15) is 12.7 Å². The van der Waals surface area contributed by atoms with Crippen molar-refractivity contribution in [2.75, 3.05) is 13.2 Å². The van der Waals surface area contributed by atoms with Crippen molar-refractivity contribution in [1.29, 1.82) is 0 Å². The highest BCUT2D eigenvalue weighted by atomic mass is 35.5. The van der Waals surface area contributed by atoms with E-state index in [0.717, 1.165) is 18.6 Å². The average Bonchev–Trinajstić information content (AvgIpc) is 3.39. The monoisotopic (exact) mass is 382 g/mol. The molecule has 1 aliphatic heterocycles. The van der Waals surface area contributed by atoms with Crippen molar-refractivity contribution in [1.82, 2.24) is 0 Å². The largest absolute Gasteiger partial charge is 0.488 e. The number of halogens is 2. The Bertz CT molecular complexity index is 986. The predicted octanol–water partition coefficient (Wildman–Crippen LogP) is 6.01. The van der Waals surface area contributed by atoms with Gasteiger partial charge in [-0.3, -0.25) is 0 Å². The van der Waals surface area contributed by atoms with E-state index in [4.69, 9.17) is 32.7 Å². The van der Waals surface area contributed by atoms with Gasteiger partial charge in [0.15, 0.2) is 5.75 Å². The number of fused-ring (bicyclic) bond motifs is 3. The summed E-state index contributed by atoms with van der Waals surface area (Å²) >= 11 is 13.0. The smallest absolute Gasteiger partial charge is 0.156 e. The molecule has 1 atom stereocenters. The van der Waals surface area contributed by atoms with Gasteiger partial charge in [0.05, 0.1) is 16.7 Å². The van der Waals surface area contributed by atoms with Gasteiger partial charge in [0, 0.05) is 0 Å². The SMILES string of the molecule is Clc1cc(-c2cccc3c2Cc2ccccc2-3)cc(Cl)c1OCC1CO1. The highest BCUT2D eigenvalue weighted by molar-refractivity contribution is 6.37. The van der Waals surface area contributed by atoms with E-state index in [1.807, 2.05) is 12.1 Å². The first kappa shape index (κ1) is 16.2. The number of ether oxygens (including phenoxy) is 2. The van der Waals surface area contributed by atoms with Gasteiger partial charge in [-0.25, -0.2) is 0 Å². The van der Waals surface area contributed by atoms with Crippen molar-refractivity contribution in [2.45, 2.75) is 12.5 Å². The summed E-state index contributed by atoms with van der Waals surface area (Å²) in [5, 5.41) is 1.06. The molecule has 0 N–H and O–H groups in total. The summed E-state index contributed by atoms with van der Waals surface area (Å²) in [4.78, 5) is 0. The van der Waals surface area contributed by atoms with Gasteiger partial charge in [-0.05, 0) is 51.9 Å². The molecule has 3 aromatic rings. The molecule has 0 aromatic heterocycles. The van der Waals surface area contributed by atoms with Crippen LogP contribution in [0.25, 0.3) is 22.3 Å². The van der Waals surface area contributed by atoms with Gasteiger partial charge in [0.2, 0.25) is 0 Å². The van der Waals surface area contributed by atoms with E-state index in [2.05, 4.69) is 42.5 Å². The minimum Gasteiger partial charge on any atom is -0.488 e. The zero-order valence-corrected chi connectivity index (χ0v) is 15.5. The number of epoxide rings is 1. The maximum atomic E-state index is 6.48. The lowest BCUT2D eigenvalue weighted by Gasteiger charge is -2.13. The zero-order chi connectivity index (χ0) is 17.7. The summed E-state index contributed by atoms with van der Waals surface area (Å²) in [6.45, 7) is 1.22. The van der Waals surface area contributed by atoms with Crippen molar-refractivity contribution in [3.05, 3.63) is 75.8 Å². The molecule has 1 fully saturated rings. The summed E-state index contributed by atoms with van der Waals surface area (Å²) in [5.74, 6) is 0.531. The summed E-state index contributed by atoms with van der Waals surface area (Å²) in [7, 11) is 0. The van der Waals surface area contributed by atoms with Crippen LogP contribution in [0.5, 0.6) is 5.75 Å². The topological polar surface area (TPSA) is 21.8 Å². The molecule has 4 heteroatoms. The molecular formula is C22H16Cl2O2. The Morgan fingerprint density at radius 3 is 2.38 bits per heavy atom. The van der Waals surface area contributed by atoms with Crippen LogP contribution in [0.4, 0.5) is 0 Å². The van der Waals surface area contributed by atoms with E-state index < -0.39 is 0 Å². The normalized spacial score (nSPS) is 16.9. The second-order valence-corrected chi connectivity index (χ2v) is 7.52. The quantitative estimate of drug-likeness (QED) is 0.403. The maximum absolute atomic E-state index is 6.48. The van der Waals surface area contributed by atoms with Gasteiger partial charge in [-0.2, -0.15) is 0 Å². The number of rotatable bonds is 4. The van der Waals surface area contributed by atoms with Crippen LogP contribution < -0.4 is 4.74 Å². The highest BCUT2D eigenvalue weighted by Crippen LogP contribution is 2.44.